The summed E-state index contributed by atoms with van der Waals surface area (Å²) in [7, 11) is 0. The molecule has 10 nitrogen and oxygen atoms in total. The van der Waals surface area contributed by atoms with Crippen molar-refractivity contribution < 1.29 is 19.7 Å². The van der Waals surface area contributed by atoms with E-state index in [1.54, 1.807) is 10.9 Å². The molecule has 4 atom stereocenters. The summed E-state index contributed by atoms with van der Waals surface area (Å²) < 4.78 is 7.65. The van der Waals surface area contributed by atoms with E-state index in [9.17, 15) is 9.90 Å². The summed E-state index contributed by atoms with van der Waals surface area (Å²) in [6.45, 7) is 0. The number of carbonyl (C=O) groups is 1. The van der Waals surface area contributed by atoms with E-state index in [1.807, 2.05) is 0 Å². The molecule has 0 radical (unpaired) electrons. The number of hydrogen-bond acceptors (Lipinski definition) is 8. The van der Waals surface area contributed by atoms with Crippen molar-refractivity contribution in [1.29, 1.82) is 0 Å². The van der Waals surface area contributed by atoms with Gasteiger partial charge >= 0.3 is 143 Å². The van der Waals surface area contributed by atoms with Crippen LogP contribution in [0.15, 0.2) is 12.7 Å². The summed E-state index contributed by atoms with van der Waals surface area (Å²) in [6, 6.07) is -0.876. The Morgan fingerprint density at radius 2 is 2.29 bits per heavy atom. The maximum absolute atomic E-state index is 10.7. The molecule has 0 bridgehead atoms. The molecule has 2 aromatic heterocycles. The van der Waals surface area contributed by atoms with Gasteiger partial charge in [-0.3, -0.25) is 0 Å². The Kier molecular flexibility index (Phi) is 4.97. The van der Waals surface area contributed by atoms with Crippen LogP contribution in [-0.2, 0) is 9.53 Å². The number of carboxylic acid groups (broad SMARTS) is 1. The number of nitrogens with two attached hydrogens (primary N) is 2. The number of aliphatic carboxylic acids is 1. The molecule has 0 aromatic carbocycles. The number of anilines is 1. The van der Waals surface area contributed by atoms with Crippen LogP contribution in [0.25, 0.3) is 11.2 Å². The fraction of sp³-hybridized carbons (Fsp3) is 0.538. The van der Waals surface area contributed by atoms with Crippen molar-refractivity contribution >= 4 is 37.9 Å². The third-order valence-corrected chi connectivity index (χ3v) is 6.34. The van der Waals surface area contributed by atoms with Crippen LogP contribution in [0.4, 0.5) is 5.82 Å². The van der Waals surface area contributed by atoms with Gasteiger partial charge in [0.15, 0.2) is 0 Å². The van der Waals surface area contributed by atoms with Crippen LogP contribution < -0.4 is 11.5 Å². The van der Waals surface area contributed by atoms with E-state index in [0.717, 1.165) is 0 Å². The minimum atomic E-state index is -1.02. The van der Waals surface area contributed by atoms with Crippen LogP contribution >= 0.6 is 0 Å². The summed E-state index contributed by atoms with van der Waals surface area (Å²) in [6.07, 6.45) is 2.70. The van der Waals surface area contributed by atoms with Gasteiger partial charge in [-0.25, -0.2) is 0 Å². The van der Waals surface area contributed by atoms with Crippen LogP contribution in [-0.4, -0.2) is 67.8 Å². The van der Waals surface area contributed by atoms with Gasteiger partial charge < -0.3 is 0 Å². The van der Waals surface area contributed by atoms with E-state index >= 15 is 0 Å². The standard InChI is InChI=1S/C13H18N6O4Se/c14-6(12(21)22)1-2-24-13-7(20)3-8(23-13)19-5-18-9-10(15)16-4-17-11(9)19/h4-8,13,20H,1-3,14H2,(H,21,22)(H2,15,16,17)/t6-,7-,8+,13+/m0/s1. The molecule has 24 heavy (non-hydrogen) atoms. The summed E-state index contributed by atoms with van der Waals surface area (Å²) in [5.74, 6) is -0.723. The number of nitrogen functional groups attached to an aromatic ring is 1. The van der Waals surface area contributed by atoms with E-state index in [4.69, 9.17) is 21.3 Å². The summed E-state index contributed by atoms with van der Waals surface area (Å²) in [4.78, 5) is 23.0. The molecule has 0 amide bonds. The Hall–Kier alpha value is -1.78. The number of hydrogen-bond donors (Lipinski definition) is 4. The van der Waals surface area contributed by atoms with Crippen molar-refractivity contribution in [2.45, 2.75) is 41.5 Å². The van der Waals surface area contributed by atoms with E-state index in [0.29, 0.717) is 35.1 Å². The first-order valence-corrected chi connectivity index (χ1v) is 9.54. The van der Waals surface area contributed by atoms with Gasteiger partial charge in [-0.1, -0.05) is 0 Å². The maximum atomic E-state index is 10.7. The molecule has 1 fully saturated rings. The number of fused-ring (bicyclic) bond motifs is 1. The zero-order valence-electron chi connectivity index (χ0n) is 12.6. The van der Waals surface area contributed by atoms with Crippen molar-refractivity contribution in [1.82, 2.24) is 19.5 Å². The average Bonchev–Trinajstić information content (AvgIpc) is 3.12. The SMILES string of the molecule is Nc1ncnc2c1ncn2[C@H]1C[C@H](O)[C@@H]([Se]CC[C@H](N)C(=O)O)O1. The van der Waals surface area contributed by atoms with Gasteiger partial charge in [-0.05, 0) is 0 Å². The van der Waals surface area contributed by atoms with Crippen LogP contribution in [0.3, 0.4) is 0 Å². The zero-order valence-corrected chi connectivity index (χ0v) is 14.4. The van der Waals surface area contributed by atoms with Gasteiger partial charge in [0.1, 0.15) is 0 Å². The first-order valence-electron chi connectivity index (χ1n) is 7.34. The van der Waals surface area contributed by atoms with Crippen molar-refractivity contribution in [2.75, 3.05) is 5.73 Å². The molecular weight excluding hydrogens is 383 g/mol. The number of nitrogens with zero attached hydrogens (tertiary/aromatic N) is 4. The van der Waals surface area contributed by atoms with Crippen LogP contribution in [0.5, 0.6) is 0 Å². The fourth-order valence-electron chi connectivity index (χ4n) is 2.46. The number of carboxylic acids is 1. The molecule has 11 heteroatoms. The van der Waals surface area contributed by atoms with Gasteiger partial charge in [0.25, 0.3) is 0 Å². The monoisotopic (exact) mass is 402 g/mol. The van der Waals surface area contributed by atoms with E-state index in [2.05, 4.69) is 15.0 Å². The molecule has 0 unspecified atom stereocenters. The molecule has 1 saturated heterocycles. The second-order valence-corrected chi connectivity index (χ2v) is 7.98. The van der Waals surface area contributed by atoms with Gasteiger partial charge in [0.05, 0.1) is 0 Å². The van der Waals surface area contributed by atoms with Crippen LogP contribution in [0.1, 0.15) is 19.1 Å². The van der Waals surface area contributed by atoms with Crippen molar-refractivity contribution in [3.63, 3.8) is 0 Å². The Balaban J connectivity index is 1.65. The number of aromatic nitrogens is 4. The second kappa shape index (κ2) is 6.99. The van der Waals surface area contributed by atoms with E-state index < -0.39 is 18.1 Å². The molecular formula is C13H18N6O4Se. The predicted octanol–water partition coefficient (Wildman–Crippen LogP) is -1.06. The Labute approximate surface area is 143 Å². The molecule has 1 aliphatic heterocycles. The number of aliphatic hydroxyl groups is 1. The van der Waals surface area contributed by atoms with Crippen LogP contribution in [0, 0.1) is 0 Å². The van der Waals surface area contributed by atoms with Gasteiger partial charge in [-0.2, -0.15) is 0 Å². The molecule has 130 valence electrons. The number of rotatable bonds is 6. The van der Waals surface area contributed by atoms with Crippen molar-refractivity contribution in [3.8, 4) is 0 Å². The number of aliphatic hydroxyl groups excluding tert-OH is 1. The summed E-state index contributed by atoms with van der Waals surface area (Å²) in [5.41, 5.74) is 12.3. The third kappa shape index (κ3) is 3.35. The molecule has 0 aliphatic carbocycles. The topological polar surface area (TPSA) is 162 Å². The third-order valence-electron chi connectivity index (χ3n) is 3.77. The van der Waals surface area contributed by atoms with Crippen molar-refractivity contribution in [2.24, 2.45) is 5.73 Å². The normalized spacial score (nSPS) is 25.2. The van der Waals surface area contributed by atoms with E-state index in [-0.39, 0.29) is 26.2 Å². The average molecular weight is 401 g/mol. The Morgan fingerprint density at radius 3 is 3.04 bits per heavy atom. The first kappa shape index (κ1) is 17.1. The second-order valence-electron chi connectivity index (χ2n) is 5.45. The quantitative estimate of drug-likeness (QED) is 0.442. The Bertz CT molecular complexity index is 740. The van der Waals surface area contributed by atoms with Gasteiger partial charge in [0, 0.05) is 0 Å². The fourth-order valence-corrected chi connectivity index (χ4v) is 4.90. The molecule has 1 aliphatic rings. The predicted molar refractivity (Wildman–Crippen MR) is 85.1 cm³/mol. The molecule has 0 spiro atoms. The molecule has 2 aromatic rings. The summed E-state index contributed by atoms with van der Waals surface area (Å²) in [5, 5.41) is 19.3. The molecule has 0 saturated carbocycles. The van der Waals surface area contributed by atoms with Crippen LogP contribution in [0.2, 0.25) is 5.32 Å². The minimum absolute atomic E-state index is 0.0777. The molecule has 6 N–H and O–H groups in total. The van der Waals surface area contributed by atoms with E-state index in [1.165, 1.54) is 6.33 Å². The van der Waals surface area contributed by atoms with Gasteiger partial charge in [0.2, 0.25) is 0 Å². The summed E-state index contributed by atoms with van der Waals surface area (Å²) >= 11 is -0.0777. The number of ether oxygens (including phenoxy) is 1. The zero-order chi connectivity index (χ0) is 17.3. The Morgan fingerprint density at radius 1 is 1.50 bits per heavy atom. The van der Waals surface area contributed by atoms with Gasteiger partial charge in [-0.15, -0.1) is 0 Å². The first-order chi connectivity index (χ1) is 11.5. The molecule has 3 rings (SSSR count). The molecule has 3 heterocycles. The number of imidazole rings is 1. The van der Waals surface area contributed by atoms with Crippen molar-refractivity contribution in [3.05, 3.63) is 12.7 Å².